The minimum atomic E-state index is 0.341. The fourth-order valence-electron chi connectivity index (χ4n) is 7.33. The van der Waals surface area contributed by atoms with Crippen LogP contribution < -0.4 is 0 Å². The standard InChI is InChI=1S/C38H57NO/c1-2-13-35(19-8-4-3-7-14-32-15-9-5-10-16-32)30-38(40)37-24-22-36(23-25-37)31-39-28-26-34(27-29-39)21-20-33-17-11-6-12-18-33/h5,9-10,15-16,22-25,33-35H,2-4,6-8,11-14,17-21,26-31H2,1H3. The molecule has 2 aromatic carbocycles. The second-order valence-electron chi connectivity index (χ2n) is 13.2. The van der Waals surface area contributed by atoms with Crippen LogP contribution in [0.5, 0.6) is 0 Å². The van der Waals surface area contributed by atoms with Crippen molar-refractivity contribution in [2.45, 2.75) is 129 Å². The molecular formula is C38H57NO. The normalized spacial score (nSPS) is 18.1. The lowest BCUT2D eigenvalue weighted by molar-refractivity contribution is 0.0955. The maximum absolute atomic E-state index is 13.1. The SMILES string of the molecule is CCCC(CCCCCCc1ccccc1)CC(=O)c1ccc(CN2CCC(CCC3CCCCC3)CC2)cc1. The van der Waals surface area contributed by atoms with Gasteiger partial charge in [0.1, 0.15) is 0 Å². The highest BCUT2D eigenvalue weighted by Gasteiger charge is 2.22. The van der Waals surface area contributed by atoms with Crippen molar-refractivity contribution in [3.63, 3.8) is 0 Å². The quantitative estimate of drug-likeness (QED) is 0.146. The van der Waals surface area contributed by atoms with Gasteiger partial charge < -0.3 is 0 Å². The Morgan fingerprint density at radius 3 is 2.12 bits per heavy atom. The first kappa shape index (κ1) is 31.0. The minimum absolute atomic E-state index is 0.341. The molecule has 2 heteroatoms. The van der Waals surface area contributed by atoms with Crippen LogP contribution in [0.2, 0.25) is 0 Å². The number of hydrogen-bond acceptors (Lipinski definition) is 2. The van der Waals surface area contributed by atoms with E-state index in [4.69, 9.17) is 0 Å². The van der Waals surface area contributed by atoms with Gasteiger partial charge in [0.25, 0.3) is 0 Å². The summed E-state index contributed by atoms with van der Waals surface area (Å²) in [7, 11) is 0. The summed E-state index contributed by atoms with van der Waals surface area (Å²) in [5, 5.41) is 0. The largest absolute Gasteiger partial charge is 0.299 e. The van der Waals surface area contributed by atoms with E-state index < -0.39 is 0 Å². The maximum Gasteiger partial charge on any atom is 0.163 e. The molecule has 220 valence electrons. The summed E-state index contributed by atoms with van der Waals surface area (Å²) in [5.41, 5.74) is 3.72. The average molecular weight is 544 g/mol. The molecule has 2 fully saturated rings. The monoisotopic (exact) mass is 543 g/mol. The summed E-state index contributed by atoms with van der Waals surface area (Å²) in [6, 6.07) is 19.5. The molecule has 1 aliphatic heterocycles. The number of carbonyl (C=O) groups is 1. The highest BCUT2D eigenvalue weighted by Crippen LogP contribution is 2.31. The molecular weight excluding hydrogens is 486 g/mol. The van der Waals surface area contributed by atoms with Crippen LogP contribution in [0.3, 0.4) is 0 Å². The van der Waals surface area contributed by atoms with Crippen LogP contribution in [0, 0.1) is 17.8 Å². The molecule has 0 bridgehead atoms. The Morgan fingerprint density at radius 2 is 1.43 bits per heavy atom. The molecule has 1 atom stereocenters. The van der Waals surface area contributed by atoms with E-state index in [1.165, 1.54) is 133 Å². The molecule has 1 saturated heterocycles. The first-order valence-corrected chi connectivity index (χ1v) is 17.1. The Kier molecular flexibility index (Phi) is 13.8. The van der Waals surface area contributed by atoms with Crippen LogP contribution in [0.1, 0.15) is 138 Å². The van der Waals surface area contributed by atoms with Gasteiger partial charge in [-0.25, -0.2) is 0 Å². The second-order valence-corrected chi connectivity index (χ2v) is 13.2. The van der Waals surface area contributed by atoms with Gasteiger partial charge in [-0.2, -0.15) is 0 Å². The van der Waals surface area contributed by atoms with Gasteiger partial charge in [-0.1, -0.05) is 145 Å². The molecule has 2 aliphatic rings. The summed E-state index contributed by atoms with van der Waals surface area (Å²) in [4.78, 5) is 15.8. The lowest BCUT2D eigenvalue weighted by atomic mass is 9.82. The van der Waals surface area contributed by atoms with Crippen LogP contribution in [0.4, 0.5) is 0 Å². The van der Waals surface area contributed by atoms with Crippen molar-refractivity contribution in [1.29, 1.82) is 0 Å². The van der Waals surface area contributed by atoms with E-state index in [1.807, 2.05) is 0 Å². The fraction of sp³-hybridized carbons (Fsp3) is 0.658. The van der Waals surface area contributed by atoms with Crippen molar-refractivity contribution in [1.82, 2.24) is 4.90 Å². The first-order chi connectivity index (χ1) is 19.7. The van der Waals surface area contributed by atoms with Crippen LogP contribution in [-0.2, 0) is 13.0 Å². The number of piperidine rings is 1. The van der Waals surface area contributed by atoms with Gasteiger partial charge >= 0.3 is 0 Å². The lowest BCUT2D eigenvalue weighted by Gasteiger charge is -2.33. The third kappa shape index (κ3) is 11.2. The Hall–Kier alpha value is -1.93. The fourth-order valence-corrected chi connectivity index (χ4v) is 7.33. The molecule has 2 nitrogen and oxygen atoms in total. The minimum Gasteiger partial charge on any atom is -0.299 e. The summed E-state index contributed by atoms with van der Waals surface area (Å²) in [6.07, 6.45) is 23.6. The molecule has 40 heavy (non-hydrogen) atoms. The van der Waals surface area contributed by atoms with E-state index in [9.17, 15) is 4.79 Å². The zero-order valence-electron chi connectivity index (χ0n) is 25.6. The molecule has 0 N–H and O–H groups in total. The molecule has 1 unspecified atom stereocenters. The van der Waals surface area contributed by atoms with Crippen molar-refractivity contribution in [2.75, 3.05) is 13.1 Å². The van der Waals surface area contributed by atoms with Gasteiger partial charge in [0.05, 0.1) is 0 Å². The van der Waals surface area contributed by atoms with Gasteiger partial charge in [0, 0.05) is 18.5 Å². The number of benzene rings is 2. The molecule has 1 heterocycles. The third-order valence-corrected chi connectivity index (χ3v) is 9.94. The second kappa shape index (κ2) is 17.8. The maximum atomic E-state index is 13.1. The number of rotatable bonds is 17. The molecule has 1 saturated carbocycles. The highest BCUT2D eigenvalue weighted by molar-refractivity contribution is 5.96. The topological polar surface area (TPSA) is 20.3 Å². The smallest absolute Gasteiger partial charge is 0.163 e. The summed E-state index contributed by atoms with van der Waals surface area (Å²) >= 11 is 0. The van der Waals surface area contributed by atoms with E-state index in [1.54, 1.807) is 0 Å². The number of hydrogen-bond donors (Lipinski definition) is 0. The third-order valence-electron chi connectivity index (χ3n) is 9.94. The number of carbonyl (C=O) groups excluding carboxylic acids is 1. The van der Waals surface area contributed by atoms with Crippen LogP contribution in [0.25, 0.3) is 0 Å². The number of unbranched alkanes of at least 4 members (excludes halogenated alkanes) is 3. The predicted octanol–water partition coefficient (Wildman–Crippen LogP) is 10.4. The van der Waals surface area contributed by atoms with Crippen molar-refractivity contribution in [3.05, 3.63) is 71.3 Å². The molecule has 0 radical (unpaired) electrons. The summed E-state index contributed by atoms with van der Waals surface area (Å²) in [6.45, 7) is 5.76. The molecule has 2 aromatic rings. The van der Waals surface area contributed by atoms with Crippen molar-refractivity contribution in [3.8, 4) is 0 Å². The van der Waals surface area contributed by atoms with Crippen LogP contribution in [-0.4, -0.2) is 23.8 Å². The Morgan fingerprint density at radius 1 is 0.750 bits per heavy atom. The number of ketones is 1. The molecule has 0 spiro atoms. The molecule has 1 aliphatic carbocycles. The van der Waals surface area contributed by atoms with Crippen molar-refractivity contribution in [2.24, 2.45) is 17.8 Å². The van der Waals surface area contributed by atoms with Gasteiger partial charge in [-0.05, 0) is 67.7 Å². The van der Waals surface area contributed by atoms with Crippen molar-refractivity contribution >= 4 is 5.78 Å². The van der Waals surface area contributed by atoms with E-state index in [0.29, 0.717) is 18.1 Å². The molecule has 4 rings (SSSR count). The molecule has 0 amide bonds. The van der Waals surface area contributed by atoms with E-state index in [0.717, 1.165) is 23.9 Å². The number of aryl methyl sites for hydroxylation is 1. The zero-order valence-corrected chi connectivity index (χ0v) is 25.6. The van der Waals surface area contributed by atoms with Crippen LogP contribution >= 0.6 is 0 Å². The Balaban J connectivity index is 1.11. The molecule has 0 aromatic heterocycles. The van der Waals surface area contributed by atoms with E-state index in [2.05, 4.69) is 66.4 Å². The number of Topliss-reactive ketones (excluding diaryl/α,β-unsaturated/α-hetero) is 1. The van der Waals surface area contributed by atoms with E-state index >= 15 is 0 Å². The predicted molar refractivity (Wildman–Crippen MR) is 171 cm³/mol. The van der Waals surface area contributed by atoms with Gasteiger partial charge in [-0.15, -0.1) is 0 Å². The van der Waals surface area contributed by atoms with Gasteiger partial charge in [0.2, 0.25) is 0 Å². The first-order valence-electron chi connectivity index (χ1n) is 17.1. The van der Waals surface area contributed by atoms with Crippen molar-refractivity contribution < 1.29 is 4.79 Å². The Labute approximate surface area is 246 Å². The van der Waals surface area contributed by atoms with Gasteiger partial charge in [-0.3, -0.25) is 9.69 Å². The average Bonchev–Trinajstić information content (AvgIpc) is 3.00. The lowest BCUT2D eigenvalue weighted by Crippen LogP contribution is -2.33. The zero-order chi connectivity index (χ0) is 27.8. The summed E-state index contributed by atoms with van der Waals surface area (Å²) in [5.74, 6) is 2.85. The Bertz CT molecular complexity index is 937. The van der Waals surface area contributed by atoms with Crippen LogP contribution in [0.15, 0.2) is 54.6 Å². The number of likely N-dealkylation sites (tertiary alicyclic amines) is 1. The van der Waals surface area contributed by atoms with Gasteiger partial charge in [0.15, 0.2) is 5.78 Å². The highest BCUT2D eigenvalue weighted by atomic mass is 16.1. The van der Waals surface area contributed by atoms with E-state index in [-0.39, 0.29) is 0 Å². The number of nitrogens with zero attached hydrogens (tertiary/aromatic N) is 1. The summed E-state index contributed by atoms with van der Waals surface area (Å²) < 4.78 is 0.